The van der Waals surface area contributed by atoms with Crippen molar-refractivity contribution < 1.29 is 4.42 Å². The number of hydrogen-bond acceptors (Lipinski definition) is 3. The molecule has 2 rings (SSSR count). The van der Waals surface area contributed by atoms with Gasteiger partial charge in [0, 0.05) is 19.2 Å². The second-order valence-corrected chi connectivity index (χ2v) is 4.72. The molecule has 1 heterocycles. The topological polar surface area (TPSA) is 62.5 Å². The number of hydrogen-bond donors (Lipinski definition) is 2. The van der Waals surface area contributed by atoms with Gasteiger partial charge >= 0.3 is 0 Å². The predicted octanol–water partition coefficient (Wildman–Crippen LogP) is 3.42. The molecule has 2 aromatic rings. The summed E-state index contributed by atoms with van der Waals surface area (Å²) in [6.07, 6.45) is 3.96. The molecule has 0 saturated carbocycles. The molecule has 0 bridgehead atoms. The van der Waals surface area contributed by atoms with E-state index in [1.165, 1.54) is 0 Å². The van der Waals surface area contributed by atoms with Gasteiger partial charge in [-0.15, -0.1) is 24.0 Å². The quantitative estimate of drug-likeness (QED) is 0.329. The molecule has 0 spiro atoms. The fourth-order valence-corrected chi connectivity index (χ4v) is 1.88. The molecule has 6 heteroatoms. The number of halogens is 1. The number of rotatable bonds is 6. The summed E-state index contributed by atoms with van der Waals surface area (Å²) in [4.78, 5) is 8.65. The highest BCUT2D eigenvalue weighted by molar-refractivity contribution is 14.0. The molecule has 0 atom stereocenters. The van der Waals surface area contributed by atoms with Gasteiger partial charge < -0.3 is 15.1 Å². The van der Waals surface area contributed by atoms with Crippen molar-refractivity contribution in [3.63, 3.8) is 0 Å². The van der Waals surface area contributed by atoms with Gasteiger partial charge in [0.1, 0.15) is 6.26 Å². The monoisotopic (exact) mass is 414 g/mol. The Bertz CT molecular complexity index is 569. The molecule has 1 aromatic carbocycles. The van der Waals surface area contributed by atoms with Crippen LogP contribution >= 0.6 is 24.0 Å². The molecule has 0 aliphatic carbocycles. The Morgan fingerprint density at radius 2 is 2.00 bits per heavy atom. The Morgan fingerprint density at radius 1 is 1.23 bits per heavy atom. The summed E-state index contributed by atoms with van der Waals surface area (Å²) in [6.45, 7) is 3.67. The van der Waals surface area contributed by atoms with E-state index in [4.69, 9.17) is 4.42 Å². The van der Waals surface area contributed by atoms with Crippen LogP contribution in [0.15, 0.2) is 46.0 Å². The third kappa shape index (κ3) is 5.67. The molecular weight excluding hydrogens is 391 g/mol. The van der Waals surface area contributed by atoms with Gasteiger partial charge in [0.25, 0.3) is 0 Å². The molecule has 0 saturated heterocycles. The van der Waals surface area contributed by atoms with Crippen LogP contribution in [-0.4, -0.2) is 24.5 Å². The third-order valence-corrected chi connectivity index (χ3v) is 3.06. The third-order valence-electron chi connectivity index (χ3n) is 3.06. The van der Waals surface area contributed by atoms with Gasteiger partial charge in [-0.2, -0.15) is 0 Å². The normalized spacial score (nSPS) is 10.9. The average Bonchev–Trinajstić information content (AvgIpc) is 3.00. The molecule has 0 amide bonds. The van der Waals surface area contributed by atoms with Crippen LogP contribution in [0.2, 0.25) is 0 Å². The molecule has 120 valence electrons. The van der Waals surface area contributed by atoms with Crippen molar-refractivity contribution in [3.05, 3.63) is 42.3 Å². The Hall–Kier alpha value is -1.57. The van der Waals surface area contributed by atoms with E-state index in [1.807, 2.05) is 30.3 Å². The fourth-order valence-electron chi connectivity index (χ4n) is 1.88. The smallest absolute Gasteiger partial charge is 0.226 e. The van der Waals surface area contributed by atoms with Gasteiger partial charge in [0.05, 0.1) is 12.2 Å². The van der Waals surface area contributed by atoms with Crippen molar-refractivity contribution in [3.8, 4) is 11.5 Å². The molecule has 0 aliphatic heterocycles. The zero-order valence-electron chi connectivity index (χ0n) is 13.0. The molecule has 5 nitrogen and oxygen atoms in total. The lowest BCUT2D eigenvalue weighted by atomic mass is 10.2. The lowest BCUT2D eigenvalue weighted by molar-refractivity contribution is 0.572. The Morgan fingerprint density at radius 3 is 2.68 bits per heavy atom. The molecule has 0 radical (unpaired) electrons. The molecule has 2 N–H and O–H groups in total. The van der Waals surface area contributed by atoms with Gasteiger partial charge in [0.15, 0.2) is 5.96 Å². The van der Waals surface area contributed by atoms with Crippen LogP contribution in [0.4, 0.5) is 0 Å². The highest BCUT2D eigenvalue weighted by atomic mass is 127. The highest BCUT2D eigenvalue weighted by Gasteiger charge is 2.06. The lowest BCUT2D eigenvalue weighted by Crippen LogP contribution is -2.37. The van der Waals surface area contributed by atoms with E-state index in [0.717, 1.165) is 36.6 Å². The molecule has 1 aromatic heterocycles. The van der Waals surface area contributed by atoms with Gasteiger partial charge in [0.2, 0.25) is 5.89 Å². The van der Waals surface area contributed by atoms with Crippen molar-refractivity contribution in [2.75, 3.05) is 13.6 Å². The number of unbranched alkanes of at least 4 members (excludes halogenated alkanes) is 1. The van der Waals surface area contributed by atoms with Gasteiger partial charge in [-0.1, -0.05) is 31.5 Å². The fraction of sp³-hybridized carbons (Fsp3) is 0.375. The van der Waals surface area contributed by atoms with Crippen LogP contribution in [0.3, 0.4) is 0 Å². The minimum Gasteiger partial charge on any atom is -0.444 e. The van der Waals surface area contributed by atoms with Crippen molar-refractivity contribution in [2.45, 2.75) is 26.3 Å². The minimum absolute atomic E-state index is 0. The average molecular weight is 414 g/mol. The number of benzene rings is 1. The zero-order valence-corrected chi connectivity index (χ0v) is 15.3. The van der Waals surface area contributed by atoms with Gasteiger partial charge in [-0.3, -0.25) is 4.99 Å². The maximum Gasteiger partial charge on any atom is 0.226 e. The van der Waals surface area contributed by atoms with E-state index in [2.05, 4.69) is 27.5 Å². The number of aromatic nitrogens is 1. The first-order valence-corrected chi connectivity index (χ1v) is 7.27. The summed E-state index contributed by atoms with van der Waals surface area (Å²) >= 11 is 0. The summed E-state index contributed by atoms with van der Waals surface area (Å²) in [6, 6.07) is 9.87. The number of oxazole rings is 1. The van der Waals surface area contributed by atoms with Crippen molar-refractivity contribution in [1.82, 2.24) is 15.6 Å². The van der Waals surface area contributed by atoms with Crippen LogP contribution < -0.4 is 10.6 Å². The maximum absolute atomic E-state index is 5.50. The maximum atomic E-state index is 5.50. The van der Waals surface area contributed by atoms with Crippen molar-refractivity contribution in [1.29, 1.82) is 0 Å². The molecular formula is C16H23IN4O. The van der Waals surface area contributed by atoms with Crippen molar-refractivity contribution >= 4 is 29.9 Å². The molecule has 22 heavy (non-hydrogen) atoms. The van der Waals surface area contributed by atoms with Crippen LogP contribution in [0, 0.1) is 0 Å². The number of guanidine groups is 1. The van der Waals surface area contributed by atoms with Crippen molar-refractivity contribution in [2.24, 2.45) is 4.99 Å². The Kier molecular flexibility index (Phi) is 8.57. The first kappa shape index (κ1) is 18.5. The number of nitrogens with one attached hydrogen (secondary N) is 2. The second-order valence-electron chi connectivity index (χ2n) is 4.72. The summed E-state index contributed by atoms with van der Waals surface area (Å²) in [5, 5.41) is 6.49. The Balaban J connectivity index is 0.00000242. The van der Waals surface area contributed by atoms with Crippen LogP contribution in [0.5, 0.6) is 0 Å². The standard InChI is InChI=1S/C16H22N4O.HI/c1-3-4-10-18-16(17-2)19-11-14-12-21-15(20-14)13-8-6-5-7-9-13;/h5-9,12H,3-4,10-11H2,1-2H3,(H2,17,18,19);1H. The van der Waals surface area contributed by atoms with E-state index in [-0.39, 0.29) is 24.0 Å². The second kappa shape index (κ2) is 10.2. The van der Waals surface area contributed by atoms with Crippen LogP contribution in [0.1, 0.15) is 25.5 Å². The molecule has 0 aliphatic rings. The summed E-state index contributed by atoms with van der Waals surface area (Å²) < 4.78 is 5.50. The largest absolute Gasteiger partial charge is 0.444 e. The molecule has 0 unspecified atom stereocenters. The predicted molar refractivity (Wildman–Crippen MR) is 100 cm³/mol. The van der Waals surface area contributed by atoms with Gasteiger partial charge in [-0.05, 0) is 18.6 Å². The zero-order chi connectivity index (χ0) is 14.9. The van der Waals surface area contributed by atoms with E-state index >= 15 is 0 Å². The number of nitrogens with zero attached hydrogens (tertiary/aromatic N) is 2. The lowest BCUT2D eigenvalue weighted by Gasteiger charge is -2.09. The first-order chi connectivity index (χ1) is 10.3. The summed E-state index contributed by atoms with van der Waals surface area (Å²) in [5.74, 6) is 1.43. The van der Waals surface area contributed by atoms with E-state index in [0.29, 0.717) is 12.4 Å². The highest BCUT2D eigenvalue weighted by Crippen LogP contribution is 2.17. The minimum atomic E-state index is 0. The van der Waals surface area contributed by atoms with Crippen LogP contribution in [-0.2, 0) is 6.54 Å². The Labute approximate surface area is 148 Å². The van der Waals surface area contributed by atoms with Gasteiger partial charge in [-0.25, -0.2) is 4.98 Å². The first-order valence-electron chi connectivity index (χ1n) is 7.27. The number of aliphatic imine (C=N–C) groups is 1. The van der Waals surface area contributed by atoms with E-state index in [1.54, 1.807) is 13.3 Å². The van der Waals surface area contributed by atoms with E-state index in [9.17, 15) is 0 Å². The summed E-state index contributed by atoms with van der Waals surface area (Å²) in [7, 11) is 1.76. The van der Waals surface area contributed by atoms with E-state index < -0.39 is 0 Å². The van der Waals surface area contributed by atoms with Crippen LogP contribution in [0.25, 0.3) is 11.5 Å². The summed E-state index contributed by atoms with van der Waals surface area (Å²) in [5.41, 5.74) is 1.83. The SMILES string of the molecule is CCCCNC(=NC)NCc1coc(-c2ccccc2)n1.I. The molecule has 0 fully saturated rings.